The van der Waals surface area contributed by atoms with Crippen LogP contribution in [0.1, 0.15) is 13.8 Å². The summed E-state index contributed by atoms with van der Waals surface area (Å²) in [7, 11) is -1.24. The highest BCUT2D eigenvalue weighted by Crippen LogP contribution is 2.25. The minimum atomic E-state index is -1.24. The highest BCUT2D eigenvalue weighted by Gasteiger charge is 2.10. The molecule has 0 amide bonds. The molecule has 2 aromatic rings. The SMILES string of the molecule is CC.[C-]#[N+]c1cn[nH]c1-c1ccnc(S(C)=O)n1. The lowest BCUT2D eigenvalue weighted by Gasteiger charge is -1.99. The molecule has 0 saturated heterocycles. The van der Waals surface area contributed by atoms with Crippen molar-refractivity contribution in [3.63, 3.8) is 0 Å². The fourth-order valence-corrected chi connectivity index (χ4v) is 1.61. The summed E-state index contributed by atoms with van der Waals surface area (Å²) >= 11 is 0. The van der Waals surface area contributed by atoms with E-state index in [4.69, 9.17) is 6.57 Å². The topological polar surface area (TPSA) is 75.9 Å². The van der Waals surface area contributed by atoms with Crippen LogP contribution in [0.25, 0.3) is 16.2 Å². The lowest BCUT2D eigenvalue weighted by molar-refractivity contribution is 0.680. The van der Waals surface area contributed by atoms with Gasteiger partial charge in [0.15, 0.2) is 0 Å². The van der Waals surface area contributed by atoms with Crippen molar-refractivity contribution in [2.24, 2.45) is 0 Å². The van der Waals surface area contributed by atoms with Crippen molar-refractivity contribution >= 4 is 16.5 Å². The summed E-state index contributed by atoms with van der Waals surface area (Å²) in [6, 6.07) is 1.64. The fourth-order valence-electron chi connectivity index (χ4n) is 1.17. The lowest BCUT2D eigenvalue weighted by atomic mass is 10.3. The molecular weight excluding hydrogens is 250 g/mol. The maximum Gasteiger partial charge on any atom is 0.233 e. The maximum absolute atomic E-state index is 11.2. The van der Waals surface area contributed by atoms with Crippen LogP contribution in [0.4, 0.5) is 5.69 Å². The first-order valence-electron chi connectivity index (χ1n) is 5.30. The summed E-state index contributed by atoms with van der Waals surface area (Å²) in [4.78, 5) is 11.3. The zero-order chi connectivity index (χ0) is 13.5. The second-order valence-corrected chi connectivity index (χ2v) is 4.19. The molecule has 94 valence electrons. The van der Waals surface area contributed by atoms with Gasteiger partial charge < -0.3 is 0 Å². The molecule has 18 heavy (non-hydrogen) atoms. The van der Waals surface area contributed by atoms with Gasteiger partial charge >= 0.3 is 0 Å². The molecule has 2 heterocycles. The zero-order valence-electron chi connectivity index (χ0n) is 10.3. The monoisotopic (exact) mass is 263 g/mol. The maximum atomic E-state index is 11.2. The molecule has 2 rings (SSSR count). The molecule has 7 heteroatoms. The van der Waals surface area contributed by atoms with Crippen molar-refractivity contribution in [2.75, 3.05) is 6.26 Å². The van der Waals surface area contributed by atoms with Crippen LogP contribution in [-0.4, -0.2) is 30.6 Å². The molecule has 2 aromatic heterocycles. The van der Waals surface area contributed by atoms with E-state index >= 15 is 0 Å². The Hall–Kier alpha value is -2.07. The normalized spacial score (nSPS) is 11.0. The second-order valence-electron chi connectivity index (χ2n) is 2.92. The van der Waals surface area contributed by atoms with Gasteiger partial charge in [-0.1, -0.05) is 13.8 Å². The van der Waals surface area contributed by atoms with Crippen LogP contribution in [0, 0.1) is 6.57 Å². The first kappa shape index (κ1) is 14.0. The van der Waals surface area contributed by atoms with Gasteiger partial charge in [-0.3, -0.25) is 9.31 Å². The molecule has 0 saturated carbocycles. The van der Waals surface area contributed by atoms with E-state index in [1.807, 2.05) is 13.8 Å². The van der Waals surface area contributed by atoms with Gasteiger partial charge in [0.2, 0.25) is 10.8 Å². The Balaban J connectivity index is 0.000000771. The molecule has 0 aliphatic rings. The van der Waals surface area contributed by atoms with Crippen LogP contribution in [0.3, 0.4) is 0 Å². The first-order chi connectivity index (χ1) is 8.72. The van der Waals surface area contributed by atoms with Gasteiger partial charge in [0.05, 0.1) is 35.0 Å². The van der Waals surface area contributed by atoms with E-state index in [-0.39, 0.29) is 5.16 Å². The molecule has 0 radical (unpaired) electrons. The molecule has 0 bridgehead atoms. The molecule has 0 spiro atoms. The Kier molecular flexibility index (Phi) is 5.14. The number of aromatic amines is 1. The molecule has 0 fully saturated rings. The predicted octanol–water partition coefficient (Wildman–Crippen LogP) is 2.18. The third-order valence-corrected chi connectivity index (χ3v) is 2.60. The molecule has 0 aliphatic heterocycles. The van der Waals surface area contributed by atoms with E-state index in [0.717, 1.165) is 0 Å². The molecular formula is C11H13N5OS. The molecule has 0 aliphatic carbocycles. The number of nitrogens with one attached hydrogen (secondary N) is 1. The summed E-state index contributed by atoms with van der Waals surface area (Å²) in [5, 5.41) is 6.69. The van der Waals surface area contributed by atoms with Crippen LogP contribution >= 0.6 is 0 Å². The smallest absolute Gasteiger partial charge is 0.233 e. The minimum absolute atomic E-state index is 0.239. The van der Waals surface area contributed by atoms with Gasteiger partial charge in [-0.05, 0) is 6.07 Å². The third-order valence-electron chi connectivity index (χ3n) is 1.89. The minimum Gasteiger partial charge on any atom is -0.288 e. The van der Waals surface area contributed by atoms with Crippen molar-refractivity contribution in [3.05, 3.63) is 29.9 Å². The van der Waals surface area contributed by atoms with Gasteiger partial charge in [0.1, 0.15) is 0 Å². The Morgan fingerprint density at radius 3 is 2.78 bits per heavy atom. The number of rotatable bonds is 2. The fraction of sp³-hybridized carbons (Fsp3) is 0.273. The van der Waals surface area contributed by atoms with E-state index in [2.05, 4.69) is 25.0 Å². The number of hydrogen-bond acceptors (Lipinski definition) is 4. The van der Waals surface area contributed by atoms with E-state index in [1.165, 1.54) is 18.6 Å². The second kappa shape index (κ2) is 6.61. The number of nitrogens with zero attached hydrogens (tertiary/aromatic N) is 4. The Labute approximate surface area is 108 Å². The van der Waals surface area contributed by atoms with Gasteiger partial charge in [-0.2, -0.15) is 5.10 Å². The van der Waals surface area contributed by atoms with Crippen molar-refractivity contribution in [1.82, 2.24) is 20.2 Å². The van der Waals surface area contributed by atoms with Gasteiger partial charge in [-0.15, -0.1) is 0 Å². The van der Waals surface area contributed by atoms with Crippen LogP contribution in [0.15, 0.2) is 23.6 Å². The third kappa shape index (κ3) is 2.99. The Bertz CT molecular complexity index is 587. The van der Waals surface area contributed by atoms with Gasteiger partial charge in [0.25, 0.3) is 0 Å². The summed E-state index contributed by atoms with van der Waals surface area (Å²) < 4.78 is 11.2. The standard InChI is InChI=1S/C9H7N5OS.C2H6/c1-10-7-5-12-14-8(7)6-3-4-11-9(13-6)16(2)15;1-2/h3-5H,2H3,(H,12,14);1-2H3. The lowest BCUT2D eigenvalue weighted by Crippen LogP contribution is -1.97. The highest BCUT2D eigenvalue weighted by atomic mass is 32.2. The number of hydrogen-bond donors (Lipinski definition) is 1. The summed E-state index contributed by atoms with van der Waals surface area (Å²) in [6.45, 7) is 11.0. The van der Waals surface area contributed by atoms with E-state index in [0.29, 0.717) is 17.1 Å². The highest BCUT2D eigenvalue weighted by molar-refractivity contribution is 7.84. The summed E-state index contributed by atoms with van der Waals surface area (Å²) in [5.41, 5.74) is 1.42. The van der Waals surface area contributed by atoms with Crippen LogP contribution < -0.4 is 0 Å². The van der Waals surface area contributed by atoms with Gasteiger partial charge in [0, 0.05) is 12.5 Å². The van der Waals surface area contributed by atoms with Crippen molar-refractivity contribution in [3.8, 4) is 11.4 Å². The van der Waals surface area contributed by atoms with E-state index < -0.39 is 10.8 Å². The Morgan fingerprint density at radius 1 is 1.44 bits per heavy atom. The molecule has 6 nitrogen and oxygen atoms in total. The molecule has 1 atom stereocenters. The van der Waals surface area contributed by atoms with Crippen molar-refractivity contribution in [2.45, 2.75) is 19.0 Å². The van der Waals surface area contributed by atoms with Crippen molar-refractivity contribution < 1.29 is 4.21 Å². The number of H-pyrrole nitrogens is 1. The van der Waals surface area contributed by atoms with E-state index in [9.17, 15) is 4.21 Å². The van der Waals surface area contributed by atoms with Crippen LogP contribution in [-0.2, 0) is 10.8 Å². The van der Waals surface area contributed by atoms with Crippen LogP contribution in [0.5, 0.6) is 0 Å². The quantitative estimate of drug-likeness (QED) is 0.665. The summed E-state index contributed by atoms with van der Waals surface area (Å²) in [6.07, 6.45) is 4.43. The van der Waals surface area contributed by atoms with Crippen molar-refractivity contribution in [1.29, 1.82) is 0 Å². The predicted molar refractivity (Wildman–Crippen MR) is 69.6 cm³/mol. The Morgan fingerprint density at radius 2 is 2.17 bits per heavy atom. The molecule has 0 aromatic carbocycles. The van der Waals surface area contributed by atoms with E-state index in [1.54, 1.807) is 6.07 Å². The average Bonchev–Trinajstić information content (AvgIpc) is 2.89. The molecule has 1 N–H and O–H groups in total. The average molecular weight is 263 g/mol. The van der Waals surface area contributed by atoms with Gasteiger partial charge in [-0.25, -0.2) is 14.8 Å². The molecule has 1 unspecified atom stereocenters. The summed E-state index contributed by atoms with van der Waals surface area (Å²) in [5.74, 6) is 0. The first-order valence-corrected chi connectivity index (χ1v) is 6.86. The zero-order valence-corrected chi connectivity index (χ0v) is 11.2. The largest absolute Gasteiger partial charge is 0.288 e. The number of aromatic nitrogens is 4. The van der Waals surface area contributed by atoms with Crippen LogP contribution in [0.2, 0.25) is 0 Å².